The highest BCUT2D eigenvalue weighted by atomic mass is 16.3. The molecular weight excluding hydrogens is 488 g/mol. The molecule has 2 aromatic heterocycles. The summed E-state index contributed by atoms with van der Waals surface area (Å²) in [5, 5.41) is 1.24. The molecular formula is C38H22O2. The zero-order valence-electron chi connectivity index (χ0n) is 33.5. The van der Waals surface area contributed by atoms with Crippen LogP contribution in [0.4, 0.5) is 0 Å². The average molecular weight is 524 g/mol. The predicted molar refractivity (Wildman–Crippen MR) is 167 cm³/mol. The first-order chi connectivity index (χ1) is 25.2. The van der Waals surface area contributed by atoms with Crippen LogP contribution in [0.3, 0.4) is 0 Å². The number of hydrogen-bond donors (Lipinski definition) is 0. The second-order valence-corrected chi connectivity index (χ2v) is 9.46. The molecule has 2 heteroatoms. The molecule has 0 spiro atoms. The molecule has 0 aliphatic rings. The summed E-state index contributed by atoms with van der Waals surface area (Å²) < 4.78 is 128. The highest BCUT2D eigenvalue weighted by Crippen LogP contribution is 2.50. The molecule has 0 bridgehead atoms. The third kappa shape index (κ3) is 2.88. The Morgan fingerprint density at radius 3 is 2.10 bits per heavy atom. The molecule has 0 radical (unpaired) electrons. The molecule has 0 N–H and O–H groups in total. The van der Waals surface area contributed by atoms with Crippen LogP contribution in [0.1, 0.15) is 17.8 Å². The Bertz CT molecular complexity index is 3150. The van der Waals surface area contributed by atoms with Crippen LogP contribution in [0.25, 0.3) is 87.5 Å². The van der Waals surface area contributed by atoms with Crippen LogP contribution in [0.15, 0.2) is 142 Å². The van der Waals surface area contributed by atoms with Crippen molar-refractivity contribution in [3.8, 4) is 22.3 Å². The Morgan fingerprint density at radius 1 is 0.475 bits per heavy atom. The van der Waals surface area contributed by atoms with E-state index in [1.807, 2.05) is 12.1 Å². The zero-order valence-corrected chi connectivity index (χ0v) is 20.5. The Labute approximate surface area is 247 Å². The summed E-state index contributed by atoms with van der Waals surface area (Å²) in [6.07, 6.45) is 1.46. The highest BCUT2D eigenvalue weighted by Gasteiger charge is 2.23. The van der Waals surface area contributed by atoms with Crippen molar-refractivity contribution in [2.45, 2.75) is 0 Å². The molecule has 0 unspecified atom stereocenters. The van der Waals surface area contributed by atoms with Crippen molar-refractivity contribution < 1.29 is 26.7 Å². The van der Waals surface area contributed by atoms with Crippen molar-refractivity contribution in [2.75, 3.05) is 0 Å². The molecule has 0 amide bonds. The molecule has 2 nitrogen and oxygen atoms in total. The smallest absolute Gasteiger partial charge is 0.139 e. The number of rotatable bonds is 2. The van der Waals surface area contributed by atoms with Gasteiger partial charge in [0.15, 0.2) is 0 Å². The summed E-state index contributed by atoms with van der Waals surface area (Å²) in [5.41, 5.74) is 1.50. The summed E-state index contributed by atoms with van der Waals surface area (Å²) >= 11 is 0. The quantitative estimate of drug-likeness (QED) is 0.211. The van der Waals surface area contributed by atoms with E-state index in [1.165, 1.54) is 18.4 Å². The first-order valence-electron chi connectivity index (χ1n) is 19.0. The van der Waals surface area contributed by atoms with Crippen LogP contribution in [-0.4, -0.2) is 0 Å². The zero-order chi connectivity index (χ0) is 37.5. The summed E-state index contributed by atoms with van der Waals surface area (Å²) in [5.74, 6) is 0. The Kier molecular flexibility index (Phi) is 2.56. The number of benzene rings is 7. The maximum atomic E-state index is 9.43. The van der Waals surface area contributed by atoms with E-state index in [0.29, 0.717) is 38.5 Å². The first kappa shape index (κ1) is 12.7. The minimum atomic E-state index is -0.631. The van der Waals surface area contributed by atoms with Gasteiger partial charge in [0, 0.05) is 27.8 Å². The number of hydrogen-bond acceptors (Lipinski definition) is 2. The summed E-state index contributed by atoms with van der Waals surface area (Å²) in [7, 11) is 0. The fourth-order valence-corrected chi connectivity index (χ4v) is 5.84. The van der Waals surface area contributed by atoms with Crippen LogP contribution in [0.5, 0.6) is 0 Å². The fourth-order valence-electron chi connectivity index (χ4n) is 5.84. The molecule has 0 aliphatic heterocycles. The molecule has 7 aromatic carbocycles. The molecule has 0 aliphatic carbocycles. The van der Waals surface area contributed by atoms with E-state index < -0.39 is 78.6 Å². The first-order valence-corrected chi connectivity index (χ1v) is 12.5. The number of furan rings is 2. The predicted octanol–water partition coefficient (Wildman–Crippen LogP) is 11.1. The van der Waals surface area contributed by atoms with Gasteiger partial charge in [-0.25, -0.2) is 0 Å². The molecule has 0 atom stereocenters. The van der Waals surface area contributed by atoms with E-state index >= 15 is 0 Å². The fraction of sp³-hybridized carbons (Fsp3) is 0. The van der Waals surface area contributed by atoms with Crippen molar-refractivity contribution in [3.05, 3.63) is 133 Å². The number of fused-ring (bicyclic) bond motifs is 7. The van der Waals surface area contributed by atoms with Crippen molar-refractivity contribution in [1.29, 1.82) is 0 Å². The SMILES string of the molecule is [2H]c1cc2c(-c3c4cc([2H])c([2H])c([2H])c4c(-c4c5ccoc5cc5oc6ccccc6c45)c4c([2H])c([2H])c([2H])c([2H])c34)c([2H])c([2H])c([2H])c2c([2H])c1[2H]. The van der Waals surface area contributed by atoms with E-state index in [4.69, 9.17) is 21.2 Å². The molecule has 0 saturated heterocycles. The van der Waals surface area contributed by atoms with Gasteiger partial charge in [-0.05, 0) is 61.1 Å². The van der Waals surface area contributed by atoms with Crippen molar-refractivity contribution in [1.82, 2.24) is 0 Å². The van der Waals surface area contributed by atoms with Gasteiger partial charge in [-0.1, -0.05) is 109 Å². The van der Waals surface area contributed by atoms with Crippen LogP contribution in [-0.2, 0) is 0 Å². The van der Waals surface area contributed by atoms with E-state index in [-0.39, 0.29) is 49.0 Å². The largest absolute Gasteiger partial charge is 0.464 e. The lowest BCUT2D eigenvalue weighted by Crippen LogP contribution is -1.92. The Hall–Kier alpha value is -5.34. The second-order valence-electron chi connectivity index (χ2n) is 9.46. The molecule has 186 valence electrons. The van der Waals surface area contributed by atoms with Crippen molar-refractivity contribution in [3.63, 3.8) is 0 Å². The van der Waals surface area contributed by atoms with Gasteiger partial charge in [-0.2, -0.15) is 0 Å². The summed E-state index contributed by atoms with van der Waals surface area (Å²) in [6.45, 7) is 0. The lowest BCUT2D eigenvalue weighted by Gasteiger charge is -2.19. The van der Waals surface area contributed by atoms with Gasteiger partial charge in [0.25, 0.3) is 0 Å². The molecule has 2 heterocycles. The Balaban J connectivity index is 1.68. The van der Waals surface area contributed by atoms with Gasteiger partial charge >= 0.3 is 0 Å². The van der Waals surface area contributed by atoms with E-state index in [2.05, 4.69) is 0 Å². The lowest BCUT2D eigenvalue weighted by atomic mass is 9.83. The molecule has 9 aromatic rings. The Morgan fingerprint density at radius 2 is 1.20 bits per heavy atom. The van der Waals surface area contributed by atoms with E-state index in [9.17, 15) is 5.48 Å². The topological polar surface area (TPSA) is 26.3 Å². The molecule has 0 saturated carbocycles. The van der Waals surface area contributed by atoms with Crippen LogP contribution >= 0.6 is 0 Å². The average Bonchev–Trinajstić information content (AvgIpc) is 3.76. The molecule has 9 rings (SSSR count). The van der Waals surface area contributed by atoms with Gasteiger partial charge in [0.05, 0.1) is 24.1 Å². The third-order valence-corrected chi connectivity index (χ3v) is 7.44. The van der Waals surface area contributed by atoms with E-state index in [0.717, 1.165) is 0 Å². The minimum absolute atomic E-state index is 0.00199. The van der Waals surface area contributed by atoms with Crippen molar-refractivity contribution in [2.24, 2.45) is 0 Å². The third-order valence-electron chi connectivity index (χ3n) is 7.44. The van der Waals surface area contributed by atoms with Crippen LogP contribution in [0, 0.1) is 0 Å². The van der Waals surface area contributed by atoms with Gasteiger partial charge in [-0.3, -0.25) is 0 Å². The second kappa shape index (κ2) is 8.08. The van der Waals surface area contributed by atoms with Gasteiger partial charge in [-0.15, -0.1) is 0 Å². The lowest BCUT2D eigenvalue weighted by molar-refractivity contribution is 0.613. The number of para-hydroxylation sites is 1. The normalized spacial score (nSPS) is 16.6. The highest BCUT2D eigenvalue weighted by molar-refractivity contribution is 6.30. The summed E-state index contributed by atoms with van der Waals surface area (Å²) in [6, 6.07) is 6.31. The maximum absolute atomic E-state index is 9.43. The minimum Gasteiger partial charge on any atom is -0.464 e. The van der Waals surface area contributed by atoms with Gasteiger partial charge in [0.1, 0.15) is 16.7 Å². The van der Waals surface area contributed by atoms with Gasteiger partial charge in [0.2, 0.25) is 0 Å². The standard InChI is InChI=1S/C38H22O2/c1-2-12-24-23(10-1)11-9-18-25(24)35-26-13-3-5-15-28(26)36(29-16-6-4-14-27(29)35)38-31-20-21-39-33(31)22-34-37(38)30-17-7-8-19-32(30)40-34/h1-22H/i1D,2D,3D,4D,5D,6D,9D,10D,11D,13D,15D,16D,18D. The molecule has 40 heavy (non-hydrogen) atoms. The van der Waals surface area contributed by atoms with Gasteiger partial charge < -0.3 is 8.83 Å². The monoisotopic (exact) mass is 523 g/mol. The van der Waals surface area contributed by atoms with E-state index in [1.54, 1.807) is 24.3 Å². The molecule has 0 fully saturated rings. The maximum Gasteiger partial charge on any atom is 0.139 e. The van der Waals surface area contributed by atoms with Crippen LogP contribution < -0.4 is 0 Å². The van der Waals surface area contributed by atoms with Crippen molar-refractivity contribution >= 4 is 65.2 Å². The van der Waals surface area contributed by atoms with Crippen LogP contribution in [0.2, 0.25) is 0 Å². The summed E-state index contributed by atoms with van der Waals surface area (Å²) in [4.78, 5) is 0.